The van der Waals surface area contributed by atoms with Crippen LogP contribution >= 0.6 is 0 Å². The molecule has 1 fully saturated rings. The van der Waals surface area contributed by atoms with Crippen LogP contribution in [-0.2, 0) is 9.59 Å². The van der Waals surface area contributed by atoms with Gasteiger partial charge in [0.15, 0.2) is 11.5 Å². The first kappa shape index (κ1) is 18.2. The van der Waals surface area contributed by atoms with E-state index < -0.39 is 28.3 Å². The molecule has 1 saturated heterocycles. The van der Waals surface area contributed by atoms with Crippen molar-refractivity contribution in [3.8, 4) is 11.5 Å². The smallest absolute Gasteiger partial charge is 0.335 e. The highest BCUT2D eigenvalue weighted by Crippen LogP contribution is 2.39. The molecule has 10 heteroatoms. The van der Waals surface area contributed by atoms with Gasteiger partial charge in [0.25, 0.3) is 17.5 Å². The van der Waals surface area contributed by atoms with Gasteiger partial charge in [-0.25, -0.2) is 9.69 Å². The summed E-state index contributed by atoms with van der Waals surface area (Å²) in [5.41, 5.74) is 0.244. The monoisotopic (exact) mass is 395 g/mol. The SMILES string of the molecule is Cc1cccc(N2C(=O)NC(=O)/C(=C/c3cc4c(cc3[N+](=O)[O-])OCO4)C2=O)c1. The minimum atomic E-state index is -0.948. The molecule has 2 aliphatic heterocycles. The Morgan fingerprint density at radius 2 is 1.86 bits per heavy atom. The van der Waals surface area contributed by atoms with Crippen molar-refractivity contribution in [1.82, 2.24) is 5.32 Å². The Hall–Kier alpha value is -4.21. The maximum absolute atomic E-state index is 12.9. The standard InChI is InChI=1S/C19H13N3O7/c1-10-3-2-4-12(5-10)21-18(24)13(17(23)20-19(21)25)6-11-7-15-16(29-9-28-15)8-14(11)22(26)27/h2-8H,9H2,1H3,(H,20,23,25)/b13-6-. The molecule has 4 rings (SSSR count). The van der Waals surface area contributed by atoms with E-state index in [-0.39, 0.29) is 35.2 Å². The summed E-state index contributed by atoms with van der Waals surface area (Å²) in [5.74, 6) is -1.40. The molecule has 2 aromatic carbocycles. The van der Waals surface area contributed by atoms with Crippen LogP contribution in [-0.4, -0.2) is 29.6 Å². The molecule has 0 unspecified atom stereocenters. The molecule has 146 valence electrons. The molecule has 10 nitrogen and oxygen atoms in total. The Balaban J connectivity index is 1.81. The number of nitro groups is 1. The number of nitrogens with zero attached hydrogens (tertiary/aromatic N) is 2. The van der Waals surface area contributed by atoms with Crippen LogP contribution < -0.4 is 19.7 Å². The van der Waals surface area contributed by atoms with E-state index in [9.17, 15) is 24.5 Å². The third-order valence-electron chi connectivity index (χ3n) is 4.38. The van der Waals surface area contributed by atoms with Crippen molar-refractivity contribution in [3.05, 3.63) is 63.2 Å². The molecule has 2 heterocycles. The van der Waals surface area contributed by atoms with Crippen LogP contribution in [0.25, 0.3) is 6.08 Å². The molecule has 1 N–H and O–H groups in total. The molecule has 2 aliphatic rings. The zero-order valence-electron chi connectivity index (χ0n) is 15.0. The summed E-state index contributed by atoms with van der Waals surface area (Å²) in [4.78, 5) is 49.1. The summed E-state index contributed by atoms with van der Waals surface area (Å²) >= 11 is 0. The normalized spacial score (nSPS) is 16.9. The van der Waals surface area contributed by atoms with Gasteiger partial charge in [0, 0.05) is 0 Å². The number of fused-ring (bicyclic) bond motifs is 1. The molecule has 0 saturated carbocycles. The minimum Gasteiger partial charge on any atom is -0.454 e. The molecule has 2 aromatic rings. The summed E-state index contributed by atoms with van der Waals surface area (Å²) in [6.45, 7) is 1.69. The van der Waals surface area contributed by atoms with Crippen LogP contribution in [0, 0.1) is 17.0 Å². The summed E-state index contributed by atoms with van der Waals surface area (Å²) < 4.78 is 10.3. The number of ether oxygens (including phenoxy) is 2. The number of nitro benzene ring substituents is 1. The lowest BCUT2D eigenvalue weighted by Gasteiger charge is -2.26. The zero-order valence-corrected chi connectivity index (χ0v) is 15.0. The minimum absolute atomic E-state index is 0.0312. The number of amides is 4. The number of urea groups is 1. The predicted octanol–water partition coefficient (Wildman–Crippen LogP) is 2.30. The van der Waals surface area contributed by atoms with Crippen LogP contribution in [0.3, 0.4) is 0 Å². The van der Waals surface area contributed by atoms with Gasteiger partial charge in [-0.15, -0.1) is 0 Å². The lowest BCUT2D eigenvalue weighted by Crippen LogP contribution is -2.54. The van der Waals surface area contributed by atoms with Crippen LogP contribution in [0.15, 0.2) is 42.0 Å². The molecule has 0 spiro atoms. The number of aryl methyl sites for hydroxylation is 1. The van der Waals surface area contributed by atoms with E-state index >= 15 is 0 Å². The number of anilines is 1. The van der Waals surface area contributed by atoms with Crippen molar-refractivity contribution in [2.75, 3.05) is 11.7 Å². The Bertz CT molecular complexity index is 1120. The van der Waals surface area contributed by atoms with Gasteiger partial charge in [0.1, 0.15) is 5.57 Å². The van der Waals surface area contributed by atoms with E-state index in [0.29, 0.717) is 0 Å². The number of benzene rings is 2. The highest BCUT2D eigenvalue weighted by molar-refractivity contribution is 6.39. The zero-order chi connectivity index (χ0) is 20.7. The second kappa shape index (κ2) is 6.75. The van der Waals surface area contributed by atoms with Gasteiger partial charge in [0.2, 0.25) is 6.79 Å². The van der Waals surface area contributed by atoms with Gasteiger partial charge < -0.3 is 9.47 Å². The van der Waals surface area contributed by atoms with Gasteiger partial charge in [-0.1, -0.05) is 12.1 Å². The second-order valence-corrected chi connectivity index (χ2v) is 6.32. The average Bonchev–Trinajstić information content (AvgIpc) is 3.11. The molecular formula is C19H13N3O7. The first-order valence-corrected chi connectivity index (χ1v) is 8.41. The van der Waals surface area contributed by atoms with Crippen molar-refractivity contribution in [1.29, 1.82) is 0 Å². The van der Waals surface area contributed by atoms with E-state index in [1.165, 1.54) is 6.07 Å². The van der Waals surface area contributed by atoms with Crippen molar-refractivity contribution in [2.24, 2.45) is 0 Å². The van der Waals surface area contributed by atoms with Gasteiger partial charge >= 0.3 is 6.03 Å². The number of barbiturate groups is 1. The lowest BCUT2D eigenvalue weighted by molar-refractivity contribution is -0.385. The molecule has 4 amide bonds. The van der Waals surface area contributed by atoms with E-state index in [1.807, 2.05) is 0 Å². The fourth-order valence-electron chi connectivity index (χ4n) is 3.04. The Morgan fingerprint density at radius 3 is 2.55 bits per heavy atom. The van der Waals surface area contributed by atoms with Crippen molar-refractivity contribution >= 4 is 35.3 Å². The van der Waals surface area contributed by atoms with Crippen molar-refractivity contribution in [2.45, 2.75) is 6.92 Å². The van der Waals surface area contributed by atoms with E-state index in [2.05, 4.69) is 5.32 Å². The summed E-state index contributed by atoms with van der Waals surface area (Å²) in [6, 6.07) is 8.16. The first-order chi connectivity index (χ1) is 13.8. The molecule has 0 radical (unpaired) electrons. The van der Waals surface area contributed by atoms with Crippen LogP contribution in [0.5, 0.6) is 11.5 Å². The Labute approximate surface area is 163 Å². The van der Waals surface area contributed by atoms with Crippen LogP contribution in [0.1, 0.15) is 11.1 Å². The van der Waals surface area contributed by atoms with Crippen molar-refractivity contribution in [3.63, 3.8) is 0 Å². The number of hydrogen-bond donors (Lipinski definition) is 1. The second-order valence-electron chi connectivity index (χ2n) is 6.32. The molecular weight excluding hydrogens is 382 g/mol. The molecule has 29 heavy (non-hydrogen) atoms. The number of nitrogens with one attached hydrogen (secondary N) is 1. The van der Waals surface area contributed by atoms with E-state index in [1.54, 1.807) is 31.2 Å². The van der Waals surface area contributed by atoms with Crippen LogP contribution in [0.2, 0.25) is 0 Å². The highest BCUT2D eigenvalue weighted by Gasteiger charge is 2.37. The molecule has 0 aromatic heterocycles. The third-order valence-corrected chi connectivity index (χ3v) is 4.38. The van der Waals surface area contributed by atoms with Crippen LogP contribution in [0.4, 0.5) is 16.2 Å². The quantitative estimate of drug-likeness (QED) is 0.365. The number of hydrogen-bond acceptors (Lipinski definition) is 7. The highest BCUT2D eigenvalue weighted by atomic mass is 16.7. The van der Waals surface area contributed by atoms with Gasteiger partial charge in [-0.3, -0.25) is 25.0 Å². The molecule has 0 bridgehead atoms. The number of rotatable bonds is 3. The Morgan fingerprint density at radius 1 is 1.14 bits per heavy atom. The predicted molar refractivity (Wildman–Crippen MR) is 99.4 cm³/mol. The number of carbonyl (C=O) groups is 3. The Kier molecular flexibility index (Phi) is 4.23. The lowest BCUT2D eigenvalue weighted by atomic mass is 10.0. The van der Waals surface area contributed by atoms with Gasteiger partial charge in [-0.2, -0.15) is 0 Å². The van der Waals surface area contributed by atoms with Gasteiger partial charge in [0.05, 0.1) is 22.2 Å². The van der Waals surface area contributed by atoms with E-state index in [0.717, 1.165) is 22.6 Å². The summed E-state index contributed by atoms with van der Waals surface area (Å²) in [5, 5.41) is 13.5. The topological polar surface area (TPSA) is 128 Å². The summed E-state index contributed by atoms with van der Waals surface area (Å²) in [7, 11) is 0. The maximum Gasteiger partial charge on any atom is 0.335 e. The largest absolute Gasteiger partial charge is 0.454 e. The fourth-order valence-corrected chi connectivity index (χ4v) is 3.04. The maximum atomic E-state index is 12.9. The number of carbonyl (C=O) groups excluding carboxylic acids is 3. The first-order valence-electron chi connectivity index (χ1n) is 8.41. The molecule has 0 aliphatic carbocycles. The van der Waals surface area contributed by atoms with E-state index in [4.69, 9.17) is 9.47 Å². The molecule has 0 atom stereocenters. The fraction of sp³-hybridized carbons (Fsp3) is 0.105. The summed E-state index contributed by atoms with van der Waals surface area (Å²) in [6.07, 6.45) is 1.06. The van der Waals surface area contributed by atoms with Crippen molar-refractivity contribution < 1.29 is 28.8 Å². The average molecular weight is 395 g/mol. The van der Waals surface area contributed by atoms with Gasteiger partial charge in [-0.05, 0) is 36.8 Å². The third kappa shape index (κ3) is 3.16. The number of imide groups is 2.